The maximum absolute atomic E-state index is 12.8. The van der Waals surface area contributed by atoms with Gasteiger partial charge in [-0.15, -0.1) is 0 Å². The average Bonchev–Trinajstić information content (AvgIpc) is 2.69. The van der Waals surface area contributed by atoms with Crippen molar-refractivity contribution in [2.45, 2.75) is 13.0 Å². The van der Waals surface area contributed by atoms with Gasteiger partial charge in [0.2, 0.25) is 15.9 Å². The summed E-state index contributed by atoms with van der Waals surface area (Å²) in [5.74, 6) is 0.842. The normalized spacial score (nSPS) is 12.1. The van der Waals surface area contributed by atoms with E-state index in [2.05, 4.69) is 5.32 Å². The van der Waals surface area contributed by atoms with Crippen molar-refractivity contribution in [3.63, 3.8) is 0 Å². The van der Waals surface area contributed by atoms with Gasteiger partial charge in [-0.05, 0) is 61.5 Å². The van der Waals surface area contributed by atoms with Crippen molar-refractivity contribution in [1.29, 1.82) is 0 Å². The van der Waals surface area contributed by atoms with E-state index >= 15 is 0 Å². The van der Waals surface area contributed by atoms with Crippen LogP contribution in [0.1, 0.15) is 6.92 Å². The van der Waals surface area contributed by atoms with Crippen molar-refractivity contribution >= 4 is 38.9 Å². The zero-order valence-electron chi connectivity index (χ0n) is 16.4. The number of anilines is 2. The van der Waals surface area contributed by atoms with Crippen LogP contribution in [-0.4, -0.2) is 26.6 Å². The Labute approximate surface area is 181 Å². The molecule has 1 N–H and O–H groups in total. The smallest absolute Gasteiger partial charge is 0.247 e. The van der Waals surface area contributed by atoms with Crippen molar-refractivity contribution in [2.24, 2.45) is 0 Å². The van der Waals surface area contributed by atoms with Crippen molar-refractivity contribution in [2.75, 3.05) is 15.9 Å². The molecule has 0 aliphatic heterocycles. The second-order valence-electron chi connectivity index (χ2n) is 6.64. The third-order valence-corrected chi connectivity index (χ3v) is 5.73. The minimum atomic E-state index is -3.72. The Morgan fingerprint density at radius 1 is 0.967 bits per heavy atom. The molecule has 8 heteroatoms. The minimum Gasteiger partial charge on any atom is -0.457 e. The number of carbonyl (C=O) groups is 1. The van der Waals surface area contributed by atoms with E-state index in [0.29, 0.717) is 27.9 Å². The molecule has 0 aliphatic rings. The highest BCUT2D eigenvalue weighted by molar-refractivity contribution is 7.92. The molecule has 0 aliphatic carbocycles. The zero-order chi connectivity index (χ0) is 21.7. The molecular weight excluding hydrogens is 424 g/mol. The average molecular weight is 445 g/mol. The number of hydrogen-bond acceptors (Lipinski definition) is 4. The molecule has 0 saturated heterocycles. The van der Waals surface area contributed by atoms with E-state index in [0.717, 1.165) is 10.6 Å². The highest BCUT2D eigenvalue weighted by Crippen LogP contribution is 2.26. The highest BCUT2D eigenvalue weighted by atomic mass is 35.5. The topological polar surface area (TPSA) is 75.7 Å². The molecule has 1 atom stereocenters. The van der Waals surface area contributed by atoms with Gasteiger partial charge >= 0.3 is 0 Å². The first kappa shape index (κ1) is 21.7. The molecule has 3 aromatic carbocycles. The maximum atomic E-state index is 12.8. The number of nitrogens with one attached hydrogen (secondary N) is 1. The summed E-state index contributed by atoms with van der Waals surface area (Å²) in [7, 11) is -3.72. The van der Waals surface area contributed by atoms with E-state index in [1.165, 1.54) is 13.0 Å². The van der Waals surface area contributed by atoms with Gasteiger partial charge in [0, 0.05) is 10.7 Å². The molecule has 0 radical (unpaired) electrons. The first-order chi connectivity index (χ1) is 14.2. The molecule has 1 amide bonds. The molecule has 0 spiro atoms. The highest BCUT2D eigenvalue weighted by Gasteiger charge is 2.29. The Kier molecular flexibility index (Phi) is 6.64. The molecule has 0 unspecified atom stereocenters. The van der Waals surface area contributed by atoms with Gasteiger partial charge in [-0.3, -0.25) is 9.10 Å². The number of carbonyl (C=O) groups excluding carboxylic acids is 1. The van der Waals surface area contributed by atoms with Crippen LogP contribution >= 0.6 is 11.6 Å². The van der Waals surface area contributed by atoms with E-state index in [-0.39, 0.29) is 0 Å². The molecule has 3 aromatic rings. The number of amides is 1. The van der Waals surface area contributed by atoms with Crippen LogP contribution in [0.3, 0.4) is 0 Å². The van der Waals surface area contributed by atoms with Gasteiger partial charge in [0.05, 0.1) is 11.9 Å². The fourth-order valence-electron chi connectivity index (χ4n) is 2.90. The molecule has 156 valence electrons. The Hall–Kier alpha value is -3.03. The summed E-state index contributed by atoms with van der Waals surface area (Å²) < 4.78 is 31.5. The van der Waals surface area contributed by atoms with E-state index in [1.807, 2.05) is 30.3 Å². The first-order valence-electron chi connectivity index (χ1n) is 9.13. The van der Waals surface area contributed by atoms with Crippen LogP contribution < -0.4 is 14.4 Å². The number of para-hydroxylation sites is 1. The van der Waals surface area contributed by atoms with E-state index in [4.69, 9.17) is 16.3 Å². The van der Waals surface area contributed by atoms with Crippen molar-refractivity contribution in [3.8, 4) is 11.5 Å². The molecule has 30 heavy (non-hydrogen) atoms. The third kappa shape index (κ3) is 5.52. The predicted molar refractivity (Wildman–Crippen MR) is 120 cm³/mol. The van der Waals surface area contributed by atoms with Gasteiger partial charge in [-0.1, -0.05) is 35.9 Å². The van der Waals surface area contributed by atoms with Gasteiger partial charge in [-0.2, -0.15) is 0 Å². The number of nitrogens with zero attached hydrogens (tertiary/aromatic N) is 1. The molecule has 0 fully saturated rings. The maximum Gasteiger partial charge on any atom is 0.247 e. The van der Waals surface area contributed by atoms with Crippen molar-refractivity contribution in [3.05, 3.63) is 83.9 Å². The van der Waals surface area contributed by atoms with E-state index in [9.17, 15) is 13.2 Å². The summed E-state index contributed by atoms with van der Waals surface area (Å²) >= 11 is 5.99. The number of ether oxygens (including phenoxy) is 1. The molecule has 0 aromatic heterocycles. The predicted octanol–water partition coefficient (Wildman–Crippen LogP) is 4.93. The number of sulfonamides is 1. The lowest BCUT2D eigenvalue weighted by molar-refractivity contribution is -0.116. The van der Waals surface area contributed by atoms with Crippen LogP contribution in [0.2, 0.25) is 5.02 Å². The Balaban J connectivity index is 1.73. The Morgan fingerprint density at radius 2 is 1.60 bits per heavy atom. The summed E-state index contributed by atoms with van der Waals surface area (Å²) in [5, 5.41) is 3.11. The number of rotatable bonds is 7. The van der Waals surface area contributed by atoms with Gasteiger partial charge in [0.25, 0.3) is 0 Å². The molecule has 0 saturated carbocycles. The molecule has 0 bridgehead atoms. The first-order valence-corrected chi connectivity index (χ1v) is 11.4. The second-order valence-corrected chi connectivity index (χ2v) is 8.94. The van der Waals surface area contributed by atoms with Gasteiger partial charge in [-0.25, -0.2) is 8.42 Å². The van der Waals surface area contributed by atoms with Crippen molar-refractivity contribution < 1.29 is 17.9 Å². The SMILES string of the molecule is C[C@H](C(=O)Nc1ccc(Oc2ccccc2)cc1)N(c1cccc(Cl)c1)S(C)(=O)=O. The van der Waals surface area contributed by atoms with Gasteiger partial charge < -0.3 is 10.1 Å². The fraction of sp³-hybridized carbons (Fsp3) is 0.136. The number of benzene rings is 3. The second kappa shape index (κ2) is 9.19. The van der Waals surface area contributed by atoms with Crippen LogP contribution in [-0.2, 0) is 14.8 Å². The lowest BCUT2D eigenvalue weighted by Gasteiger charge is -2.28. The van der Waals surface area contributed by atoms with Gasteiger partial charge in [0.15, 0.2) is 0 Å². The zero-order valence-corrected chi connectivity index (χ0v) is 18.0. The Morgan fingerprint density at radius 3 is 2.20 bits per heavy atom. The fourth-order valence-corrected chi connectivity index (χ4v) is 4.25. The van der Waals surface area contributed by atoms with E-state index in [1.54, 1.807) is 42.5 Å². The van der Waals surface area contributed by atoms with E-state index < -0.39 is 22.0 Å². The molecule has 0 heterocycles. The minimum absolute atomic E-state index is 0.319. The van der Waals surface area contributed by atoms with Gasteiger partial charge in [0.1, 0.15) is 17.5 Å². The van der Waals surface area contributed by atoms with Crippen LogP contribution in [0.5, 0.6) is 11.5 Å². The monoisotopic (exact) mass is 444 g/mol. The Bertz CT molecular complexity index is 1120. The van der Waals surface area contributed by atoms with Crippen LogP contribution in [0.25, 0.3) is 0 Å². The summed E-state index contributed by atoms with van der Waals surface area (Å²) in [6.07, 6.45) is 1.05. The standard InChI is InChI=1S/C22H21ClN2O4S/c1-16(25(30(2,27)28)19-8-6-7-17(23)15-19)22(26)24-18-11-13-21(14-12-18)29-20-9-4-3-5-10-20/h3-16H,1-2H3,(H,24,26)/t16-/m1/s1. The quantitative estimate of drug-likeness (QED) is 0.560. The largest absolute Gasteiger partial charge is 0.457 e. The third-order valence-electron chi connectivity index (χ3n) is 4.25. The number of hydrogen-bond donors (Lipinski definition) is 1. The molecule has 6 nitrogen and oxygen atoms in total. The lowest BCUT2D eigenvalue weighted by atomic mass is 10.2. The summed E-state index contributed by atoms with van der Waals surface area (Å²) in [4.78, 5) is 12.8. The van der Waals surface area contributed by atoms with Crippen LogP contribution in [0.15, 0.2) is 78.9 Å². The number of halogens is 1. The van der Waals surface area contributed by atoms with Crippen LogP contribution in [0.4, 0.5) is 11.4 Å². The van der Waals surface area contributed by atoms with Crippen molar-refractivity contribution in [1.82, 2.24) is 0 Å². The molecular formula is C22H21ClN2O4S. The molecule has 3 rings (SSSR count). The summed E-state index contributed by atoms with van der Waals surface area (Å²) in [6, 6.07) is 21.5. The van der Waals surface area contributed by atoms with Crippen LogP contribution in [0, 0.1) is 0 Å². The summed E-state index contributed by atoms with van der Waals surface area (Å²) in [6.45, 7) is 1.52. The summed E-state index contributed by atoms with van der Waals surface area (Å²) in [5.41, 5.74) is 0.839. The lowest BCUT2D eigenvalue weighted by Crippen LogP contribution is -2.45.